The third-order valence-electron chi connectivity index (χ3n) is 2.99. The molecule has 2 N–H and O–H groups in total. The molecule has 0 heterocycles. The number of para-hydroxylation sites is 1. The zero-order valence-corrected chi connectivity index (χ0v) is 13.3. The number of hydrogen-bond donors (Lipinski definition) is 2. The highest BCUT2D eigenvalue weighted by molar-refractivity contribution is 5.80. The van der Waals surface area contributed by atoms with Crippen LogP contribution in [0.1, 0.15) is 13.3 Å². The first-order chi connectivity index (χ1) is 10.7. The van der Waals surface area contributed by atoms with Crippen LogP contribution in [0.25, 0.3) is 0 Å². The lowest BCUT2D eigenvalue weighted by molar-refractivity contribution is -0.125. The number of rotatable bonds is 10. The third kappa shape index (κ3) is 7.64. The Morgan fingerprint density at radius 1 is 1.14 bits per heavy atom. The van der Waals surface area contributed by atoms with Gasteiger partial charge in [0.1, 0.15) is 12.4 Å². The van der Waals surface area contributed by atoms with E-state index in [9.17, 15) is 9.59 Å². The Balaban J connectivity index is 2.24. The molecule has 0 fully saturated rings. The van der Waals surface area contributed by atoms with Crippen molar-refractivity contribution >= 4 is 11.8 Å². The molecule has 0 aromatic heterocycles. The van der Waals surface area contributed by atoms with Gasteiger partial charge < -0.3 is 15.4 Å². The highest BCUT2D eigenvalue weighted by Gasteiger charge is 2.12. The summed E-state index contributed by atoms with van der Waals surface area (Å²) in [5, 5.41) is 5.36. The van der Waals surface area contributed by atoms with E-state index in [-0.39, 0.29) is 24.9 Å². The van der Waals surface area contributed by atoms with Gasteiger partial charge >= 0.3 is 0 Å². The van der Waals surface area contributed by atoms with Gasteiger partial charge in [-0.1, -0.05) is 25.1 Å². The van der Waals surface area contributed by atoms with Crippen molar-refractivity contribution in [2.45, 2.75) is 13.3 Å². The topological polar surface area (TPSA) is 70.7 Å². The van der Waals surface area contributed by atoms with Gasteiger partial charge in [-0.25, -0.2) is 0 Å². The van der Waals surface area contributed by atoms with Crippen LogP contribution in [-0.2, 0) is 9.59 Å². The second-order valence-corrected chi connectivity index (χ2v) is 4.90. The number of nitrogens with one attached hydrogen (secondary N) is 2. The first-order valence-corrected chi connectivity index (χ1v) is 7.53. The van der Waals surface area contributed by atoms with Crippen LogP contribution in [0, 0.1) is 0 Å². The molecule has 0 aliphatic heterocycles. The maximum Gasteiger partial charge on any atom is 0.234 e. The molecule has 1 aromatic rings. The van der Waals surface area contributed by atoms with Gasteiger partial charge in [0.15, 0.2) is 0 Å². The summed E-state index contributed by atoms with van der Waals surface area (Å²) in [6.07, 6.45) is 0.890. The van der Waals surface area contributed by atoms with Crippen molar-refractivity contribution < 1.29 is 14.3 Å². The molecule has 1 rings (SSSR count). The normalized spacial score (nSPS) is 10.3. The smallest absolute Gasteiger partial charge is 0.234 e. The van der Waals surface area contributed by atoms with E-state index in [2.05, 4.69) is 10.6 Å². The average Bonchev–Trinajstić information content (AvgIpc) is 2.52. The molecule has 6 heteroatoms. The van der Waals surface area contributed by atoms with E-state index >= 15 is 0 Å². The summed E-state index contributed by atoms with van der Waals surface area (Å²) in [7, 11) is 1.59. The number of benzene rings is 1. The van der Waals surface area contributed by atoms with E-state index in [0.29, 0.717) is 19.7 Å². The highest BCUT2D eigenvalue weighted by Crippen LogP contribution is 2.07. The summed E-state index contributed by atoms with van der Waals surface area (Å²) in [6, 6.07) is 9.45. The Morgan fingerprint density at radius 3 is 2.45 bits per heavy atom. The largest absolute Gasteiger partial charge is 0.492 e. The molecule has 0 aliphatic carbocycles. The predicted octanol–water partition coefficient (Wildman–Crippen LogP) is 0.640. The molecule has 0 saturated carbocycles. The fraction of sp³-hybridized carbons (Fsp3) is 0.500. The van der Waals surface area contributed by atoms with Gasteiger partial charge in [-0.15, -0.1) is 0 Å². The van der Waals surface area contributed by atoms with Crippen molar-refractivity contribution in [1.82, 2.24) is 15.5 Å². The van der Waals surface area contributed by atoms with Crippen molar-refractivity contribution in [2.75, 3.05) is 39.8 Å². The van der Waals surface area contributed by atoms with Crippen molar-refractivity contribution in [2.24, 2.45) is 0 Å². The van der Waals surface area contributed by atoms with E-state index in [1.807, 2.05) is 42.2 Å². The van der Waals surface area contributed by atoms with Crippen LogP contribution in [0.4, 0.5) is 0 Å². The monoisotopic (exact) mass is 307 g/mol. The quantitative estimate of drug-likeness (QED) is 0.622. The summed E-state index contributed by atoms with van der Waals surface area (Å²) in [5.74, 6) is 0.589. The molecule has 0 spiro atoms. The summed E-state index contributed by atoms with van der Waals surface area (Å²) in [6.45, 7) is 4.03. The molecule has 2 amide bonds. The van der Waals surface area contributed by atoms with Gasteiger partial charge in [0.05, 0.1) is 19.6 Å². The number of nitrogens with zero attached hydrogens (tertiary/aromatic N) is 1. The molecule has 1 aromatic carbocycles. The molecule has 22 heavy (non-hydrogen) atoms. The van der Waals surface area contributed by atoms with E-state index in [0.717, 1.165) is 12.2 Å². The molecule has 0 unspecified atom stereocenters. The molecular weight excluding hydrogens is 282 g/mol. The minimum atomic E-state index is -0.103. The molecule has 122 valence electrons. The van der Waals surface area contributed by atoms with Gasteiger partial charge in [-0.05, 0) is 25.1 Å². The molecule has 0 saturated heterocycles. The van der Waals surface area contributed by atoms with Gasteiger partial charge in [0, 0.05) is 7.05 Å². The van der Waals surface area contributed by atoms with Gasteiger partial charge in [0.25, 0.3) is 0 Å². The maximum atomic E-state index is 11.9. The average molecular weight is 307 g/mol. The number of amides is 2. The first-order valence-electron chi connectivity index (χ1n) is 7.53. The van der Waals surface area contributed by atoms with Gasteiger partial charge in [-0.2, -0.15) is 0 Å². The fourth-order valence-electron chi connectivity index (χ4n) is 1.95. The van der Waals surface area contributed by atoms with Crippen LogP contribution in [0.5, 0.6) is 5.75 Å². The van der Waals surface area contributed by atoms with E-state index in [1.165, 1.54) is 0 Å². The first kappa shape index (κ1) is 18.0. The standard InChI is InChI=1S/C16H25N3O3/c1-3-10-19(12-15(20)17-2)13-16(21)18-9-11-22-14-7-5-4-6-8-14/h4-8H,3,9-13H2,1-2H3,(H,17,20)(H,18,21). The summed E-state index contributed by atoms with van der Waals surface area (Å²) < 4.78 is 5.50. The van der Waals surface area contributed by atoms with Gasteiger partial charge in [0.2, 0.25) is 11.8 Å². The van der Waals surface area contributed by atoms with Crippen LogP contribution in [-0.4, -0.2) is 56.5 Å². The second kappa shape index (κ2) is 10.6. The molecule has 0 bridgehead atoms. The van der Waals surface area contributed by atoms with Gasteiger partial charge in [-0.3, -0.25) is 14.5 Å². The number of likely N-dealkylation sites (N-methyl/N-ethyl adjacent to an activating group) is 1. The minimum Gasteiger partial charge on any atom is -0.492 e. The molecule has 6 nitrogen and oxygen atoms in total. The zero-order chi connectivity index (χ0) is 16.2. The maximum absolute atomic E-state index is 11.9. The minimum absolute atomic E-state index is 0.0892. The summed E-state index contributed by atoms with van der Waals surface area (Å²) >= 11 is 0. The zero-order valence-electron chi connectivity index (χ0n) is 13.3. The second-order valence-electron chi connectivity index (χ2n) is 4.90. The number of ether oxygens (including phenoxy) is 1. The van der Waals surface area contributed by atoms with E-state index in [4.69, 9.17) is 4.74 Å². The Kier molecular flexibility index (Phi) is 8.67. The van der Waals surface area contributed by atoms with Crippen LogP contribution in [0.15, 0.2) is 30.3 Å². The lowest BCUT2D eigenvalue weighted by Gasteiger charge is -2.20. The van der Waals surface area contributed by atoms with Crippen LogP contribution in [0.3, 0.4) is 0 Å². The Hall–Kier alpha value is -2.08. The van der Waals surface area contributed by atoms with Crippen LogP contribution in [0.2, 0.25) is 0 Å². The van der Waals surface area contributed by atoms with Crippen molar-refractivity contribution in [3.05, 3.63) is 30.3 Å². The van der Waals surface area contributed by atoms with Crippen molar-refractivity contribution in [3.63, 3.8) is 0 Å². The molecule has 0 aliphatic rings. The lowest BCUT2D eigenvalue weighted by atomic mass is 10.3. The lowest BCUT2D eigenvalue weighted by Crippen LogP contribution is -2.43. The predicted molar refractivity (Wildman–Crippen MR) is 85.7 cm³/mol. The van der Waals surface area contributed by atoms with Crippen molar-refractivity contribution in [1.29, 1.82) is 0 Å². The number of carbonyl (C=O) groups excluding carboxylic acids is 2. The SMILES string of the molecule is CCCN(CC(=O)NC)CC(=O)NCCOc1ccccc1. The molecule has 0 radical (unpaired) electrons. The Morgan fingerprint density at radius 2 is 1.82 bits per heavy atom. The number of carbonyl (C=O) groups is 2. The van der Waals surface area contributed by atoms with E-state index < -0.39 is 0 Å². The molecule has 0 atom stereocenters. The highest BCUT2D eigenvalue weighted by atomic mass is 16.5. The summed E-state index contributed by atoms with van der Waals surface area (Å²) in [5.41, 5.74) is 0. The van der Waals surface area contributed by atoms with Crippen LogP contribution >= 0.6 is 0 Å². The van der Waals surface area contributed by atoms with E-state index in [1.54, 1.807) is 7.05 Å². The number of hydrogen-bond acceptors (Lipinski definition) is 4. The third-order valence-corrected chi connectivity index (χ3v) is 2.99. The Bertz CT molecular complexity index is 451. The molecular formula is C16H25N3O3. The van der Waals surface area contributed by atoms with Crippen molar-refractivity contribution in [3.8, 4) is 5.75 Å². The fourth-order valence-corrected chi connectivity index (χ4v) is 1.95. The van der Waals surface area contributed by atoms with Crippen LogP contribution < -0.4 is 15.4 Å². The summed E-state index contributed by atoms with van der Waals surface area (Å²) in [4.78, 5) is 25.1. The Labute approximate surface area is 131 Å².